The summed E-state index contributed by atoms with van der Waals surface area (Å²) in [5, 5.41) is 11.3. The van der Waals surface area contributed by atoms with Gasteiger partial charge in [-0.15, -0.1) is 0 Å². The lowest BCUT2D eigenvalue weighted by atomic mass is 10.2. The highest BCUT2D eigenvalue weighted by molar-refractivity contribution is 9.08. The van der Waals surface area contributed by atoms with Crippen LogP contribution in [0.2, 0.25) is 0 Å². The van der Waals surface area contributed by atoms with Gasteiger partial charge in [0, 0.05) is 11.4 Å². The first-order valence-electron chi connectivity index (χ1n) is 5.93. The van der Waals surface area contributed by atoms with Crippen molar-refractivity contribution in [2.24, 2.45) is 0 Å². The van der Waals surface area contributed by atoms with Gasteiger partial charge in [0.15, 0.2) is 5.75 Å². The van der Waals surface area contributed by atoms with Crippen LogP contribution in [-0.2, 0) is 5.33 Å². The second-order valence-corrected chi connectivity index (χ2v) is 3.30. The molecule has 1 aromatic carbocycles. The molecule has 0 bridgehead atoms. The fourth-order valence-electron chi connectivity index (χ4n) is 1.18. The molecule has 0 amide bonds. The zero-order valence-corrected chi connectivity index (χ0v) is 8.91. The van der Waals surface area contributed by atoms with Gasteiger partial charge in [-0.1, -0.05) is 15.9 Å². The molecule has 1 aliphatic heterocycles. The quantitative estimate of drug-likeness (QED) is 0.473. The predicted octanol–water partition coefficient (Wildman–Crippen LogP) is 2.26. The molecule has 0 saturated carbocycles. The summed E-state index contributed by atoms with van der Waals surface area (Å²) in [6, 6.07) is 2.58. The molecule has 1 aliphatic rings. The Morgan fingerprint density at radius 3 is 2.93 bits per heavy atom. The summed E-state index contributed by atoms with van der Waals surface area (Å²) in [6.45, 7) is -5.56. The Morgan fingerprint density at radius 2 is 2.27 bits per heavy atom. The largest absolute Gasteiger partial charge is 0.486 e. The molecule has 0 N–H and O–H groups in total. The molecule has 0 aromatic heterocycles. The smallest absolute Gasteiger partial charge is 0.315 e. The van der Waals surface area contributed by atoms with Crippen LogP contribution < -0.4 is 9.47 Å². The van der Waals surface area contributed by atoms with Crippen molar-refractivity contribution >= 4 is 21.6 Å². The van der Waals surface area contributed by atoms with Gasteiger partial charge in [0.25, 0.3) is 0 Å². The Balaban J connectivity index is 2.63. The number of benzene rings is 1. The zero-order valence-electron chi connectivity index (χ0n) is 11.3. The Kier molecular flexibility index (Phi) is 1.71. The minimum absolute atomic E-state index is 0.191. The van der Waals surface area contributed by atoms with Crippen molar-refractivity contribution in [1.82, 2.24) is 0 Å². The normalized spacial score (nSPS) is 24.3. The highest BCUT2D eigenvalue weighted by atomic mass is 79.9. The van der Waals surface area contributed by atoms with Crippen LogP contribution in [-0.4, -0.2) is 18.0 Å². The molecule has 6 heteroatoms. The van der Waals surface area contributed by atoms with Gasteiger partial charge in [0.05, 0.1) is 10.4 Å². The number of nitrogens with zero attached hydrogens (tertiary/aromatic N) is 1. The van der Waals surface area contributed by atoms with Crippen LogP contribution in [0.4, 0.5) is 5.69 Å². The molecule has 1 aromatic rings. The molecule has 0 fully saturated rings. The summed E-state index contributed by atoms with van der Waals surface area (Å²) in [4.78, 5) is 10.2. The summed E-state index contributed by atoms with van der Waals surface area (Å²) in [6.07, 6.45) is 0. The van der Waals surface area contributed by atoms with E-state index in [2.05, 4.69) is 15.9 Å². The van der Waals surface area contributed by atoms with Crippen LogP contribution in [0, 0.1) is 10.1 Å². The second-order valence-electron chi connectivity index (χ2n) is 2.74. The van der Waals surface area contributed by atoms with Crippen LogP contribution in [0.3, 0.4) is 0 Å². The van der Waals surface area contributed by atoms with E-state index < -0.39 is 29.5 Å². The molecule has 80 valence electrons. The van der Waals surface area contributed by atoms with Crippen molar-refractivity contribution in [2.45, 2.75) is 5.33 Å². The number of fused-ring (bicyclic) bond motifs is 1. The van der Waals surface area contributed by atoms with Crippen LogP contribution in [0.25, 0.3) is 0 Å². The Bertz CT molecular complexity index is 551. The number of ether oxygens (including phenoxy) is 2. The molecule has 0 spiro atoms. The van der Waals surface area contributed by atoms with Gasteiger partial charge in [-0.25, -0.2) is 0 Å². The fraction of sp³-hybridized carbons (Fsp3) is 0.333. The summed E-state index contributed by atoms with van der Waals surface area (Å²) < 4.78 is 39.4. The SMILES string of the molecule is [2H]C1([2H])Oc2cc(CBr)cc([N+](=O)[O-])c2OC1([2H])[2H]. The van der Waals surface area contributed by atoms with Crippen molar-refractivity contribution in [1.29, 1.82) is 0 Å². The number of halogens is 1. The van der Waals surface area contributed by atoms with Crippen molar-refractivity contribution in [3.63, 3.8) is 0 Å². The number of rotatable bonds is 2. The molecular weight excluding hydrogens is 266 g/mol. The van der Waals surface area contributed by atoms with Gasteiger partial charge in [0.2, 0.25) is 5.75 Å². The molecule has 2 rings (SSSR count). The van der Waals surface area contributed by atoms with E-state index >= 15 is 0 Å². The highest BCUT2D eigenvalue weighted by Gasteiger charge is 2.24. The number of alkyl halides is 1. The van der Waals surface area contributed by atoms with Gasteiger partial charge in [-0.05, 0) is 11.6 Å². The Labute approximate surface area is 99.9 Å². The first kappa shape index (κ1) is 6.32. The zero-order chi connectivity index (χ0) is 14.4. The molecule has 0 unspecified atom stereocenters. The highest BCUT2D eigenvalue weighted by Crippen LogP contribution is 2.40. The van der Waals surface area contributed by atoms with E-state index in [4.69, 9.17) is 15.0 Å². The van der Waals surface area contributed by atoms with Crippen molar-refractivity contribution < 1.29 is 19.9 Å². The van der Waals surface area contributed by atoms with Gasteiger partial charge < -0.3 is 9.47 Å². The summed E-state index contributed by atoms with van der Waals surface area (Å²) in [5.74, 6) is -0.599. The summed E-state index contributed by atoms with van der Waals surface area (Å²) in [7, 11) is 0. The van der Waals surface area contributed by atoms with Gasteiger partial charge in [-0.2, -0.15) is 0 Å². The number of nitro groups is 1. The molecule has 0 saturated heterocycles. The molecule has 0 atom stereocenters. The van der Waals surface area contributed by atoms with E-state index in [-0.39, 0.29) is 5.75 Å². The topological polar surface area (TPSA) is 61.6 Å². The van der Waals surface area contributed by atoms with Crippen molar-refractivity contribution in [3.05, 3.63) is 27.8 Å². The van der Waals surface area contributed by atoms with E-state index in [1.807, 2.05) is 0 Å². The number of nitro benzene ring substituents is 1. The van der Waals surface area contributed by atoms with Gasteiger partial charge in [0.1, 0.15) is 13.1 Å². The maximum atomic E-state index is 11.0. The monoisotopic (exact) mass is 277 g/mol. The third-order valence-corrected chi connectivity index (χ3v) is 2.45. The standard InChI is InChI=1S/C9H8BrNO4/c10-5-6-3-7(11(12)13)9-8(4-6)14-1-2-15-9/h3-4H,1-2,5H2/i1D2,2D2. The first-order valence-corrected chi connectivity index (χ1v) is 5.05. The van der Waals surface area contributed by atoms with E-state index in [0.29, 0.717) is 10.9 Å². The van der Waals surface area contributed by atoms with Crippen LogP contribution in [0.1, 0.15) is 11.0 Å². The summed E-state index contributed by atoms with van der Waals surface area (Å²) in [5.41, 5.74) is 0.0265. The number of hydrogen-bond acceptors (Lipinski definition) is 4. The lowest BCUT2D eigenvalue weighted by Gasteiger charge is -2.18. The molecular formula is C9H8BrNO4. The van der Waals surface area contributed by atoms with E-state index in [1.165, 1.54) is 12.1 Å². The van der Waals surface area contributed by atoms with Gasteiger partial charge in [-0.3, -0.25) is 10.1 Å². The minimum atomic E-state index is -2.82. The Hall–Kier alpha value is -1.30. The fourth-order valence-corrected chi connectivity index (χ4v) is 1.51. The van der Waals surface area contributed by atoms with E-state index in [9.17, 15) is 10.1 Å². The average Bonchev–Trinajstić information content (AvgIpc) is 2.28. The predicted molar refractivity (Wildman–Crippen MR) is 56.7 cm³/mol. The van der Waals surface area contributed by atoms with E-state index in [0.717, 1.165) is 0 Å². The van der Waals surface area contributed by atoms with Crippen LogP contribution in [0.5, 0.6) is 11.5 Å². The van der Waals surface area contributed by atoms with Crippen molar-refractivity contribution in [3.8, 4) is 11.5 Å². The third-order valence-electron chi connectivity index (χ3n) is 1.80. The molecule has 15 heavy (non-hydrogen) atoms. The third kappa shape index (κ3) is 1.90. The lowest BCUT2D eigenvalue weighted by molar-refractivity contribution is -0.386. The van der Waals surface area contributed by atoms with Gasteiger partial charge >= 0.3 is 5.69 Å². The van der Waals surface area contributed by atoms with E-state index in [1.54, 1.807) is 0 Å². The van der Waals surface area contributed by atoms with Crippen molar-refractivity contribution in [2.75, 3.05) is 13.1 Å². The second kappa shape index (κ2) is 4.06. The minimum Gasteiger partial charge on any atom is -0.486 e. The lowest BCUT2D eigenvalue weighted by Crippen LogP contribution is -2.16. The molecule has 5 nitrogen and oxygen atoms in total. The summed E-state index contributed by atoms with van der Waals surface area (Å²) >= 11 is 3.13. The molecule has 0 radical (unpaired) electrons. The number of hydrogen-bond donors (Lipinski definition) is 0. The Morgan fingerprint density at radius 1 is 1.53 bits per heavy atom. The molecule has 1 heterocycles. The average molecular weight is 278 g/mol. The van der Waals surface area contributed by atoms with Crippen LogP contribution in [0.15, 0.2) is 12.1 Å². The molecule has 0 aliphatic carbocycles. The maximum absolute atomic E-state index is 11.0. The van der Waals surface area contributed by atoms with Crippen LogP contribution >= 0.6 is 15.9 Å². The maximum Gasteiger partial charge on any atom is 0.315 e. The first-order chi connectivity index (χ1) is 8.68.